The molecule has 0 radical (unpaired) electrons. The van der Waals surface area contributed by atoms with E-state index in [9.17, 15) is 21.6 Å². The number of para-hydroxylation sites is 2. The summed E-state index contributed by atoms with van der Waals surface area (Å²) in [5.41, 5.74) is 0.177. The van der Waals surface area contributed by atoms with E-state index in [-0.39, 0.29) is 10.0 Å². The van der Waals surface area contributed by atoms with Crippen molar-refractivity contribution in [1.82, 2.24) is 15.0 Å². The standard InChI is InChI=1S/C16H11ClF3N3O3S/c1-27(24,25)10-6-9(7-21-8-10)13(16(18,19)20)26-15-14(17)22-11-4-2-3-5-12(11)23-15/h2-8,13H,1H3. The number of halogens is 4. The van der Waals surface area contributed by atoms with Crippen LogP contribution in [0.25, 0.3) is 11.0 Å². The summed E-state index contributed by atoms with van der Waals surface area (Å²) in [4.78, 5) is 11.1. The Morgan fingerprint density at radius 2 is 1.74 bits per heavy atom. The van der Waals surface area contributed by atoms with Gasteiger partial charge in [-0.15, -0.1) is 0 Å². The number of ether oxygens (including phenoxy) is 1. The van der Waals surface area contributed by atoms with E-state index in [4.69, 9.17) is 16.3 Å². The monoisotopic (exact) mass is 417 g/mol. The van der Waals surface area contributed by atoms with E-state index < -0.39 is 33.6 Å². The lowest BCUT2D eigenvalue weighted by Gasteiger charge is -2.22. The van der Waals surface area contributed by atoms with Crippen LogP contribution >= 0.6 is 11.6 Å². The first-order chi connectivity index (χ1) is 12.6. The Labute approximate surface area is 156 Å². The van der Waals surface area contributed by atoms with Crippen molar-refractivity contribution in [2.24, 2.45) is 0 Å². The van der Waals surface area contributed by atoms with Crippen molar-refractivity contribution < 1.29 is 26.3 Å². The lowest BCUT2D eigenvalue weighted by Crippen LogP contribution is -2.27. The second kappa shape index (κ2) is 6.93. The predicted molar refractivity (Wildman–Crippen MR) is 91.3 cm³/mol. The summed E-state index contributed by atoms with van der Waals surface area (Å²) in [6, 6.07) is 7.30. The van der Waals surface area contributed by atoms with Crippen LogP contribution in [-0.2, 0) is 9.84 Å². The Morgan fingerprint density at radius 3 is 2.33 bits per heavy atom. The fourth-order valence-corrected chi connectivity index (χ4v) is 3.03. The van der Waals surface area contributed by atoms with Gasteiger partial charge in [-0.3, -0.25) is 4.98 Å². The highest BCUT2D eigenvalue weighted by Gasteiger charge is 2.44. The van der Waals surface area contributed by atoms with Gasteiger partial charge in [0, 0.05) is 24.2 Å². The van der Waals surface area contributed by atoms with Gasteiger partial charge in [-0.1, -0.05) is 23.7 Å². The number of nitrogens with zero attached hydrogens (tertiary/aromatic N) is 3. The lowest BCUT2D eigenvalue weighted by atomic mass is 10.1. The Hall–Kier alpha value is -2.46. The van der Waals surface area contributed by atoms with Crippen molar-refractivity contribution in [2.45, 2.75) is 17.2 Å². The molecule has 0 aliphatic heterocycles. The normalized spacial score (nSPS) is 13.5. The summed E-state index contributed by atoms with van der Waals surface area (Å²) in [5, 5.41) is -0.352. The van der Waals surface area contributed by atoms with E-state index in [0.29, 0.717) is 11.0 Å². The minimum Gasteiger partial charge on any atom is -0.457 e. The molecule has 0 aliphatic rings. The summed E-state index contributed by atoms with van der Waals surface area (Å²) in [5.74, 6) is -0.526. The van der Waals surface area contributed by atoms with Crippen molar-refractivity contribution >= 4 is 32.5 Å². The third kappa shape index (κ3) is 4.28. The smallest absolute Gasteiger partial charge is 0.429 e. The second-order valence-corrected chi connectivity index (χ2v) is 7.95. The Bertz CT molecular complexity index is 1110. The third-order valence-electron chi connectivity index (χ3n) is 3.49. The Morgan fingerprint density at radius 1 is 1.11 bits per heavy atom. The molecule has 2 aromatic heterocycles. The highest BCUT2D eigenvalue weighted by atomic mass is 35.5. The number of benzene rings is 1. The maximum absolute atomic E-state index is 13.6. The molecule has 0 bridgehead atoms. The van der Waals surface area contributed by atoms with Crippen molar-refractivity contribution in [2.75, 3.05) is 6.26 Å². The van der Waals surface area contributed by atoms with Crippen LogP contribution in [-0.4, -0.2) is 35.8 Å². The van der Waals surface area contributed by atoms with Crippen LogP contribution in [0.2, 0.25) is 5.15 Å². The van der Waals surface area contributed by atoms with Gasteiger partial charge in [-0.25, -0.2) is 18.4 Å². The molecule has 27 heavy (non-hydrogen) atoms. The van der Waals surface area contributed by atoms with Crippen molar-refractivity contribution in [3.8, 4) is 5.88 Å². The minimum atomic E-state index is -4.88. The molecule has 11 heteroatoms. The number of pyridine rings is 1. The first-order valence-electron chi connectivity index (χ1n) is 7.36. The van der Waals surface area contributed by atoms with E-state index in [1.54, 1.807) is 24.3 Å². The molecule has 142 valence electrons. The zero-order valence-electron chi connectivity index (χ0n) is 13.6. The lowest BCUT2D eigenvalue weighted by molar-refractivity contribution is -0.198. The van der Waals surface area contributed by atoms with Gasteiger partial charge < -0.3 is 4.74 Å². The number of rotatable bonds is 4. The number of fused-ring (bicyclic) bond motifs is 1. The highest BCUT2D eigenvalue weighted by molar-refractivity contribution is 7.90. The van der Waals surface area contributed by atoms with Gasteiger partial charge in [0.2, 0.25) is 6.10 Å². The number of alkyl halides is 3. The van der Waals surface area contributed by atoms with Crippen LogP contribution in [0.5, 0.6) is 5.88 Å². The van der Waals surface area contributed by atoms with Gasteiger partial charge in [0.05, 0.1) is 15.9 Å². The van der Waals surface area contributed by atoms with Gasteiger partial charge >= 0.3 is 6.18 Å². The summed E-state index contributed by atoms with van der Waals surface area (Å²) < 4.78 is 68.9. The molecule has 0 amide bonds. The SMILES string of the molecule is CS(=O)(=O)c1cncc(C(Oc2nc3ccccc3nc2Cl)C(F)(F)F)c1. The fourth-order valence-electron chi connectivity index (χ4n) is 2.25. The largest absolute Gasteiger partial charge is 0.457 e. The molecule has 3 aromatic rings. The molecule has 0 saturated heterocycles. The van der Waals surface area contributed by atoms with Crippen LogP contribution in [0.1, 0.15) is 11.7 Å². The molecule has 1 aromatic carbocycles. The summed E-state index contributed by atoms with van der Waals surface area (Å²) >= 11 is 5.91. The summed E-state index contributed by atoms with van der Waals surface area (Å²) in [7, 11) is -3.75. The third-order valence-corrected chi connectivity index (χ3v) is 4.82. The van der Waals surface area contributed by atoms with Crippen LogP contribution in [0.4, 0.5) is 13.2 Å². The molecule has 1 unspecified atom stereocenters. The van der Waals surface area contributed by atoms with Crippen LogP contribution in [0, 0.1) is 0 Å². The Balaban J connectivity index is 2.07. The molecule has 1 atom stereocenters. The molecular weight excluding hydrogens is 407 g/mol. The number of hydrogen-bond acceptors (Lipinski definition) is 6. The van der Waals surface area contributed by atoms with Crippen LogP contribution in [0.15, 0.2) is 47.6 Å². The molecule has 2 heterocycles. The molecule has 0 aliphatic carbocycles. The average Bonchev–Trinajstić information content (AvgIpc) is 2.58. The van der Waals surface area contributed by atoms with Gasteiger partial charge in [0.25, 0.3) is 5.88 Å². The number of hydrogen-bond donors (Lipinski definition) is 0. The van der Waals surface area contributed by atoms with E-state index in [1.807, 2.05) is 0 Å². The van der Waals surface area contributed by atoms with E-state index in [0.717, 1.165) is 24.7 Å². The first-order valence-corrected chi connectivity index (χ1v) is 9.63. The first kappa shape index (κ1) is 19.3. The molecule has 0 saturated carbocycles. The van der Waals surface area contributed by atoms with Gasteiger partial charge in [0.1, 0.15) is 0 Å². The molecule has 3 rings (SSSR count). The number of sulfone groups is 1. The highest BCUT2D eigenvalue weighted by Crippen LogP contribution is 2.38. The second-order valence-electron chi connectivity index (χ2n) is 5.57. The van der Waals surface area contributed by atoms with E-state index in [2.05, 4.69) is 15.0 Å². The average molecular weight is 418 g/mol. The minimum absolute atomic E-state index is 0.292. The quantitative estimate of drug-likeness (QED) is 0.642. The van der Waals surface area contributed by atoms with E-state index in [1.165, 1.54) is 0 Å². The number of aromatic nitrogens is 3. The maximum Gasteiger partial charge on any atom is 0.429 e. The van der Waals surface area contributed by atoms with Crippen molar-refractivity contribution in [1.29, 1.82) is 0 Å². The fraction of sp³-hybridized carbons (Fsp3) is 0.188. The van der Waals surface area contributed by atoms with Gasteiger partial charge in [0.15, 0.2) is 15.0 Å². The molecule has 0 N–H and O–H groups in total. The van der Waals surface area contributed by atoms with Crippen molar-refractivity contribution in [3.63, 3.8) is 0 Å². The van der Waals surface area contributed by atoms with Gasteiger partial charge in [-0.05, 0) is 18.2 Å². The van der Waals surface area contributed by atoms with Crippen molar-refractivity contribution in [3.05, 3.63) is 53.4 Å². The van der Waals surface area contributed by atoms with Crippen LogP contribution in [0.3, 0.4) is 0 Å². The summed E-state index contributed by atoms with van der Waals surface area (Å²) in [6.45, 7) is 0. The molecule has 6 nitrogen and oxygen atoms in total. The van der Waals surface area contributed by atoms with Gasteiger partial charge in [-0.2, -0.15) is 13.2 Å². The molecular formula is C16H11ClF3N3O3S. The maximum atomic E-state index is 13.6. The predicted octanol–water partition coefficient (Wildman–Crippen LogP) is 3.76. The van der Waals surface area contributed by atoms with E-state index >= 15 is 0 Å². The van der Waals surface area contributed by atoms with Crippen LogP contribution < -0.4 is 4.74 Å². The topological polar surface area (TPSA) is 82.0 Å². The zero-order chi connectivity index (χ0) is 19.8. The molecule has 0 fully saturated rings. The summed E-state index contributed by atoms with van der Waals surface area (Å²) in [6.07, 6.45) is -4.72. The zero-order valence-corrected chi connectivity index (χ0v) is 15.2. The molecule has 0 spiro atoms. The Kier molecular flexibility index (Phi) is 4.96.